The lowest BCUT2D eigenvalue weighted by molar-refractivity contribution is -0.122. The summed E-state index contributed by atoms with van der Waals surface area (Å²) in [6, 6.07) is 17.0. The summed E-state index contributed by atoms with van der Waals surface area (Å²) in [6.07, 6.45) is 9.02. The van der Waals surface area contributed by atoms with Crippen LogP contribution < -0.4 is 5.32 Å². The van der Waals surface area contributed by atoms with E-state index in [1.165, 1.54) is 0 Å². The van der Waals surface area contributed by atoms with Gasteiger partial charge in [0.2, 0.25) is 5.91 Å². The van der Waals surface area contributed by atoms with Gasteiger partial charge in [0.15, 0.2) is 11.5 Å². The number of pyridine rings is 1. The van der Waals surface area contributed by atoms with Gasteiger partial charge in [-0.2, -0.15) is 11.8 Å². The Morgan fingerprint density at radius 2 is 1.81 bits per heavy atom. The first-order chi connectivity index (χ1) is 15.2. The number of carbonyl (C=O) groups is 1. The molecule has 0 radical (unpaired) electrons. The van der Waals surface area contributed by atoms with Gasteiger partial charge < -0.3 is 9.88 Å². The molecule has 31 heavy (non-hydrogen) atoms. The van der Waals surface area contributed by atoms with Crippen LogP contribution in [0.2, 0.25) is 5.02 Å². The van der Waals surface area contributed by atoms with Crippen molar-refractivity contribution >= 4 is 34.9 Å². The molecule has 0 bridgehead atoms. The Morgan fingerprint density at radius 1 is 1.06 bits per heavy atom. The van der Waals surface area contributed by atoms with Crippen LogP contribution >= 0.6 is 23.4 Å². The molecule has 0 aliphatic heterocycles. The van der Waals surface area contributed by atoms with Crippen molar-refractivity contribution in [2.75, 3.05) is 12.0 Å². The molecule has 160 valence electrons. The maximum Gasteiger partial charge on any atom is 0.223 e. The third-order valence-electron chi connectivity index (χ3n) is 5.22. The Kier molecular flexibility index (Phi) is 6.94. The fourth-order valence-electron chi connectivity index (χ4n) is 3.66. The lowest BCUT2D eigenvalue weighted by Gasteiger charge is -2.22. The minimum atomic E-state index is -0.215. The van der Waals surface area contributed by atoms with E-state index in [9.17, 15) is 4.79 Å². The fourth-order valence-corrected chi connectivity index (χ4v) is 4.26. The minimum absolute atomic E-state index is 0.0348. The molecular formula is C23H24ClN5OS. The summed E-state index contributed by atoms with van der Waals surface area (Å²) in [5, 5.41) is 12.5. The lowest BCUT2D eigenvalue weighted by atomic mass is 10.0. The molecule has 4 rings (SSSR count). The van der Waals surface area contributed by atoms with Crippen molar-refractivity contribution < 1.29 is 4.79 Å². The summed E-state index contributed by atoms with van der Waals surface area (Å²) in [7, 11) is 0. The number of halogens is 1. The van der Waals surface area contributed by atoms with Gasteiger partial charge in [0.05, 0.1) is 18.5 Å². The monoisotopic (exact) mass is 453 g/mol. The number of rotatable bonds is 9. The molecule has 0 saturated heterocycles. The molecule has 3 heterocycles. The van der Waals surface area contributed by atoms with E-state index >= 15 is 0 Å². The number of carbonyl (C=O) groups excluding carboxylic acids is 1. The maximum atomic E-state index is 13.2. The van der Waals surface area contributed by atoms with Gasteiger partial charge in [-0.15, -0.1) is 10.2 Å². The molecular weight excluding hydrogens is 430 g/mol. The molecule has 1 N–H and O–H groups in total. The zero-order valence-corrected chi connectivity index (χ0v) is 18.8. The third-order valence-corrected chi connectivity index (χ3v) is 6.11. The van der Waals surface area contributed by atoms with Crippen molar-refractivity contribution in [2.24, 2.45) is 0 Å². The van der Waals surface area contributed by atoms with Crippen LogP contribution in [0.3, 0.4) is 0 Å². The van der Waals surface area contributed by atoms with E-state index in [2.05, 4.69) is 21.8 Å². The third kappa shape index (κ3) is 5.11. The topological polar surface area (TPSA) is 64.2 Å². The van der Waals surface area contributed by atoms with E-state index in [0.717, 1.165) is 29.2 Å². The Morgan fingerprint density at radius 3 is 2.55 bits per heavy atom. The molecule has 0 unspecified atom stereocenters. The summed E-state index contributed by atoms with van der Waals surface area (Å²) in [6.45, 7) is 0. The first kappa shape index (κ1) is 21.5. The number of fused-ring (bicyclic) bond motifs is 1. The quantitative estimate of drug-likeness (QED) is 0.396. The molecule has 2 atom stereocenters. The van der Waals surface area contributed by atoms with Crippen LogP contribution in [0.4, 0.5) is 0 Å². The van der Waals surface area contributed by atoms with E-state index in [4.69, 9.17) is 11.6 Å². The minimum Gasteiger partial charge on any atom is -0.346 e. The summed E-state index contributed by atoms with van der Waals surface area (Å²) in [5.74, 6) is 1.62. The molecule has 1 aromatic carbocycles. The van der Waals surface area contributed by atoms with Crippen LogP contribution in [0, 0.1) is 0 Å². The van der Waals surface area contributed by atoms with Crippen molar-refractivity contribution in [3.05, 3.63) is 89.6 Å². The van der Waals surface area contributed by atoms with Crippen LogP contribution in [0.15, 0.2) is 73.2 Å². The van der Waals surface area contributed by atoms with Crippen molar-refractivity contribution in [1.29, 1.82) is 0 Å². The van der Waals surface area contributed by atoms with Gasteiger partial charge in [-0.25, -0.2) is 0 Å². The van der Waals surface area contributed by atoms with Crippen LogP contribution in [-0.2, 0) is 4.79 Å². The van der Waals surface area contributed by atoms with Gasteiger partial charge in [0, 0.05) is 23.6 Å². The van der Waals surface area contributed by atoms with Crippen LogP contribution in [0.5, 0.6) is 0 Å². The summed E-state index contributed by atoms with van der Waals surface area (Å²) in [4.78, 5) is 13.2. The molecule has 0 aliphatic carbocycles. The Balaban J connectivity index is 1.56. The molecule has 8 heteroatoms. The zero-order chi connectivity index (χ0) is 21.6. The predicted molar refractivity (Wildman–Crippen MR) is 126 cm³/mol. The normalized spacial score (nSPS) is 13.2. The fraction of sp³-hybridized carbons (Fsp3) is 0.261. The second-order valence-electron chi connectivity index (χ2n) is 7.29. The number of hydrogen-bond donors (Lipinski definition) is 1. The molecule has 4 aromatic rings. The van der Waals surface area contributed by atoms with Crippen LogP contribution in [0.25, 0.3) is 5.65 Å². The number of nitrogens with one attached hydrogen (secondary N) is 1. The number of nitrogens with zero attached hydrogens (tertiary/aromatic N) is 4. The first-order valence-corrected chi connectivity index (χ1v) is 11.9. The SMILES string of the molecule is CSCC[C@@H](NC(=O)C[C@H](c1ccc(Cl)cc1)n1cccc1)c1nnc2ccccn12. The summed E-state index contributed by atoms with van der Waals surface area (Å²) >= 11 is 7.81. The van der Waals surface area contributed by atoms with E-state index in [1.54, 1.807) is 11.8 Å². The largest absolute Gasteiger partial charge is 0.346 e. The Hall–Kier alpha value is -2.77. The van der Waals surface area contributed by atoms with Gasteiger partial charge in [-0.1, -0.05) is 29.8 Å². The highest BCUT2D eigenvalue weighted by Crippen LogP contribution is 2.25. The van der Waals surface area contributed by atoms with Crippen LogP contribution in [-0.4, -0.2) is 37.1 Å². The van der Waals surface area contributed by atoms with E-state index < -0.39 is 0 Å². The highest BCUT2D eigenvalue weighted by molar-refractivity contribution is 7.98. The molecule has 6 nitrogen and oxygen atoms in total. The first-order valence-electron chi connectivity index (χ1n) is 10.1. The molecule has 0 saturated carbocycles. The van der Waals surface area contributed by atoms with E-state index in [-0.39, 0.29) is 18.0 Å². The van der Waals surface area contributed by atoms with E-state index in [0.29, 0.717) is 11.4 Å². The summed E-state index contributed by atoms with van der Waals surface area (Å²) in [5.41, 5.74) is 1.80. The highest BCUT2D eigenvalue weighted by atomic mass is 35.5. The van der Waals surface area contributed by atoms with Gasteiger partial charge in [-0.05, 0) is 60.4 Å². The second kappa shape index (κ2) is 10.0. The van der Waals surface area contributed by atoms with Crippen LogP contribution in [0.1, 0.15) is 36.3 Å². The van der Waals surface area contributed by atoms with Crippen molar-refractivity contribution in [1.82, 2.24) is 24.5 Å². The van der Waals surface area contributed by atoms with Crippen molar-refractivity contribution in [3.63, 3.8) is 0 Å². The molecule has 0 aliphatic rings. The standard InChI is InChI=1S/C23H24ClN5OS/c1-31-15-11-19(23-27-26-21-6-2-3-14-29(21)23)25-22(30)16-20(28-12-4-5-13-28)17-7-9-18(24)10-8-17/h2-10,12-14,19-20H,11,15-16H2,1H3,(H,25,30)/t19-,20-/m1/s1. The van der Waals surface area contributed by atoms with Gasteiger partial charge in [0.25, 0.3) is 0 Å². The highest BCUT2D eigenvalue weighted by Gasteiger charge is 2.23. The number of benzene rings is 1. The number of aromatic nitrogens is 4. The second-order valence-corrected chi connectivity index (χ2v) is 8.71. The Bertz CT molecular complexity index is 1130. The average Bonchev–Trinajstić information content (AvgIpc) is 3.46. The zero-order valence-electron chi connectivity index (χ0n) is 17.2. The average molecular weight is 454 g/mol. The number of amides is 1. The number of hydrogen-bond acceptors (Lipinski definition) is 4. The molecule has 0 spiro atoms. The smallest absolute Gasteiger partial charge is 0.223 e. The van der Waals surface area contributed by atoms with E-state index in [1.807, 2.05) is 82.2 Å². The van der Waals surface area contributed by atoms with Gasteiger partial charge >= 0.3 is 0 Å². The molecule has 3 aromatic heterocycles. The summed E-state index contributed by atoms with van der Waals surface area (Å²) < 4.78 is 3.99. The molecule has 1 amide bonds. The predicted octanol–water partition coefficient (Wildman–Crippen LogP) is 4.77. The van der Waals surface area contributed by atoms with Crippen molar-refractivity contribution in [2.45, 2.75) is 24.9 Å². The van der Waals surface area contributed by atoms with Gasteiger partial charge in [-0.3, -0.25) is 9.20 Å². The van der Waals surface area contributed by atoms with Crippen molar-refractivity contribution in [3.8, 4) is 0 Å². The Labute approximate surface area is 190 Å². The lowest BCUT2D eigenvalue weighted by Crippen LogP contribution is -2.32. The van der Waals surface area contributed by atoms with Gasteiger partial charge in [0.1, 0.15) is 0 Å². The maximum absolute atomic E-state index is 13.2. The number of thioether (sulfide) groups is 1. The molecule has 0 fully saturated rings.